The van der Waals surface area contributed by atoms with E-state index in [0.717, 1.165) is 17.3 Å². The van der Waals surface area contributed by atoms with Crippen LogP contribution in [0.4, 0.5) is 5.82 Å². The second-order valence-electron chi connectivity index (χ2n) is 7.60. The van der Waals surface area contributed by atoms with Crippen LogP contribution in [0.5, 0.6) is 0 Å². The molecule has 2 aromatic carbocycles. The Balaban J connectivity index is 1.57. The van der Waals surface area contributed by atoms with E-state index in [1.807, 2.05) is 19.1 Å². The van der Waals surface area contributed by atoms with E-state index in [1.165, 1.54) is 10.9 Å². The number of amides is 1. The predicted octanol–water partition coefficient (Wildman–Crippen LogP) is 4.02. The molecule has 9 nitrogen and oxygen atoms in total. The number of hydrogen-bond acceptors (Lipinski definition) is 8. The molecular formula is C24H20ClN7O2S. The molecule has 2 heterocycles. The number of nitrogens with one attached hydrogen (secondary N) is 2. The number of ketones is 1. The van der Waals surface area contributed by atoms with Gasteiger partial charge in [-0.1, -0.05) is 41.4 Å². The van der Waals surface area contributed by atoms with Crippen molar-refractivity contribution >= 4 is 40.8 Å². The lowest BCUT2D eigenvalue weighted by atomic mass is 10.0. The first-order valence-electron chi connectivity index (χ1n) is 10.7. The first kappa shape index (κ1) is 24.1. The van der Waals surface area contributed by atoms with Crippen molar-refractivity contribution in [1.82, 2.24) is 23.8 Å². The van der Waals surface area contributed by atoms with Crippen molar-refractivity contribution in [3.63, 3.8) is 0 Å². The number of nitriles is 1. The Morgan fingerprint density at radius 1 is 1.11 bits per heavy atom. The molecule has 0 aliphatic rings. The van der Waals surface area contributed by atoms with Crippen LogP contribution < -0.4 is 10.6 Å². The molecule has 0 fully saturated rings. The molecule has 1 amide bonds. The first-order valence-corrected chi connectivity index (χ1v) is 11.8. The van der Waals surface area contributed by atoms with Crippen LogP contribution in [0.25, 0.3) is 5.69 Å². The SMILES string of the molecule is Cc1ccc(C(=O)c2nn(-c3ccc(Cl)cc3)c(NCCCNC(=O)c3cnsn3)c2C#N)cc1. The third-order valence-electron chi connectivity index (χ3n) is 5.12. The molecule has 35 heavy (non-hydrogen) atoms. The van der Waals surface area contributed by atoms with Gasteiger partial charge in [-0.25, -0.2) is 4.68 Å². The minimum atomic E-state index is -0.346. The molecule has 176 valence electrons. The highest BCUT2D eigenvalue weighted by Gasteiger charge is 2.25. The van der Waals surface area contributed by atoms with E-state index in [9.17, 15) is 14.9 Å². The van der Waals surface area contributed by atoms with Crippen molar-refractivity contribution in [1.29, 1.82) is 5.26 Å². The highest BCUT2D eigenvalue weighted by atomic mass is 35.5. The summed E-state index contributed by atoms with van der Waals surface area (Å²) in [5, 5.41) is 21.0. The Kier molecular flexibility index (Phi) is 7.50. The van der Waals surface area contributed by atoms with Crippen LogP contribution in [-0.2, 0) is 0 Å². The summed E-state index contributed by atoms with van der Waals surface area (Å²) in [6, 6.07) is 16.2. The third kappa shape index (κ3) is 5.54. The van der Waals surface area contributed by atoms with Gasteiger partial charge in [-0.3, -0.25) is 9.59 Å². The summed E-state index contributed by atoms with van der Waals surface area (Å²) in [4.78, 5) is 25.2. The van der Waals surface area contributed by atoms with Gasteiger partial charge in [0.2, 0.25) is 5.78 Å². The number of hydrogen-bond donors (Lipinski definition) is 2. The number of rotatable bonds is 9. The second-order valence-corrected chi connectivity index (χ2v) is 8.59. The summed E-state index contributed by atoms with van der Waals surface area (Å²) < 4.78 is 9.24. The molecule has 0 saturated heterocycles. The molecule has 0 saturated carbocycles. The normalized spacial score (nSPS) is 10.5. The zero-order valence-electron chi connectivity index (χ0n) is 18.7. The van der Waals surface area contributed by atoms with E-state index in [1.54, 1.807) is 36.4 Å². The highest BCUT2D eigenvalue weighted by Crippen LogP contribution is 2.26. The van der Waals surface area contributed by atoms with E-state index >= 15 is 0 Å². The van der Waals surface area contributed by atoms with Crippen molar-refractivity contribution in [2.45, 2.75) is 13.3 Å². The van der Waals surface area contributed by atoms with Crippen LogP contribution >= 0.6 is 23.3 Å². The van der Waals surface area contributed by atoms with Gasteiger partial charge in [0.15, 0.2) is 11.4 Å². The number of nitrogens with zero attached hydrogens (tertiary/aromatic N) is 5. The standard InChI is InChI=1S/C24H20ClN7O2S/c1-15-3-5-16(6-4-15)22(33)21-19(13-26)23(32(30-21)18-9-7-17(25)8-10-18)27-11-2-12-28-24(34)20-14-29-35-31-20/h3-10,14,27H,2,11-12H2,1H3,(H,28,34). The van der Waals surface area contributed by atoms with Crippen molar-refractivity contribution in [2.24, 2.45) is 0 Å². The molecule has 11 heteroatoms. The third-order valence-corrected chi connectivity index (χ3v) is 5.85. The topological polar surface area (TPSA) is 126 Å². The smallest absolute Gasteiger partial charge is 0.272 e. The number of aromatic nitrogens is 4. The first-order chi connectivity index (χ1) is 17.0. The molecule has 0 atom stereocenters. The maximum atomic E-state index is 13.2. The molecule has 0 radical (unpaired) electrons. The highest BCUT2D eigenvalue weighted by molar-refractivity contribution is 6.99. The minimum Gasteiger partial charge on any atom is -0.369 e. The lowest BCUT2D eigenvalue weighted by Gasteiger charge is -2.10. The van der Waals surface area contributed by atoms with E-state index in [4.69, 9.17) is 11.6 Å². The number of anilines is 1. The molecular weight excluding hydrogens is 486 g/mol. The van der Waals surface area contributed by atoms with Gasteiger partial charge in [0.1, 0.15) is 17.5 Å². The molecule has 4 rings (SSSR count). The largest absolute Gasteiger partial charge is 0.369 e. The summed E-state index contributed by atoms with van der Waals surface area (Å²) in [5.74, 6) is -0.254. The average Bonchev–Trinajstić information content (AvgIpc) is 3.53. The van der Waals surface area contributed by atoms with Crippen molar-refractivity contribution in [2.75, 3.05) is 18.4 Å². The summed E-state index contributed by atoms with van der Waals surface area (Å²) in [6.45, 7) is 2.74. The Morgan fingerprint density at radius 2 is 1.86 bits per heavy atom. The molecule has 2 N–H and O–H groups in total. The van der Waals surface area contributed by atoms with Crippen LogP contribution in [0, 0.1) is 18.3 Å². The van der Waals surface area contributed by atoms with Crippen molar-refractivity contribution in [3.8, 4) is 11.8 Å². The van der Waals surface area contributed by atoms with Crippen molar-refractivity contribution in [3.05, 3.63) is 87.8 Å². The molecule has 0 aliphatic carbocycles. The number of carbonyl (C=O) groups is 2. The van der Waals surface area contributed by atoms with E-state index < -0.39 is 0 Å². The van der Waals surface area contributed by atoms with Gasteiger partial charge in [0, 0.05) is 23.7 Å². The molecule has 0 bridgehead atoms. The zero-order valence-corrected chi connectivity index (χ0v) is 20.2. The Bertz CT molecular complexity index is 1380. The summed E-state index contributed by atoms with van der Waals surface area (Å²) in [7, 11) is 0. The van der Waals surface area contributed by atoms with Gasteiger partial charge >= 0.3 is 0 Å². The lowest BCUT2D eigenvalue weighted by Crippen LogP contribution is -2.26. The van der Waals surface area contributed by atoms with Crippen LogP contribution in [0.3, 0.4) is 0 Å². The van der Waals surface area contributed by atoms with Gasteiger partial charge in [-0.05, 0) is 37.6 Å². The molecule has 0 unspecified atom stereocenters. The number of aryl methyl sites for hydroxylation is 1. The molecule has 0 aliphatic heterocycles. The van der Waals surface area contributed by atoms with Crippen LogP contribution in [0.15, 0.2) is 54.7 Å². The van der Waals surface area contributed by atoms with Gasteiger partial charge in [-0.2, -0.15) is 19.1 Å². The van der Waals surface area contributed by atoms with Crippen molar-refractivity contribution < 1.29 is 9.59 Å². The summed E-state index contributed by atoms with van der Waals surface area (Å²) >= 11 is 7.00. The van der Waals surface area contributed by atoms with Crippen LogP contribution in [0.1, 0.15) is 44.1 Å². The quantitative estimate of drug-likeness (QED) is 0.260. The zero-order chi connectivity index (χ0) is 24.8. The fourth-order valence-electron chi connectivity index (χ4n) is 3.31. The van der Waals surface area contributed by atoms with Crippen LogP contribution in [0.2, 0.25) is 5.02 Å². The average molecular weight is 506 g/mol. The maximum Gasteiger partial charge on any atom is 0.272 e. The number of benzene rings is 2. The maximum absolute atomic E-state index is 13.2. The Hall–Kier alpha value is -4.07. The van der Waals surface area contributed by atoms with Gasteiger partial charge in [-0.15, -0.1) is 0 Å². The molecule has 0 spiro atoms. The van der Waals surface area contributed by atoms with E-state index in [2.05, 4.69) is 30.5 Å². The van der Waals surface area contributed by atoms with Gasteiger partial charge in [0.25, 0.3) is 5.91 Å². The predicted molar refractivity (Wildman–Crippen MR) is 133 cm³/mol. The van der Waals surface area contributed by atoms with Gasteiger partial charge in [0.05, 0.1) is 23.6 Å². The Morgan fingerprint density at radius 3 is 2.51 bits per heavy atom. The fraction of sp³-hybridized carbons (Fsp3) is 0.167. The fourth-order valence-corrected chi connectivity index (χ4v) is 3.85. The lowest BCUT2D eigenvalue weighted by molar-refractivity contribution is 0.0948. The van der Waals surface area contributed by atoms with E-state index in [-0.39, 0.29) is 28.6 Å². The number of halogens is 1. The second kappa shape index (κ2) is 10.9. The van der Waals surface area contributed by atoms with E-state index in [0.29, 0.717) is 41.6 Å². The van der Waals surface area contributed by atoms with Crippen LogP contribution in [-0.4, -0.2) is 43.3 Å². The molecule has 4 aromatic rings. The summed E-state index contributed by atoms with van der Waals surface area (Å²) in [6.07, 6.45) is 1.97. The molecule has 2 aromatic heterocycles. The number of carbonyl (C=O) groups excluding carboxylic acids is 2. The summed E-state index contributed by atoms with van der Waals surface area (Å²) in [5.41, 5.74) is 2.57. The minimum absolute atomic E-state index is 0.0538. The van der Waals surface area contributed by atoms with Gasteiger partial charge < -0.3 is 10.6 Å². The Labute approximate surface area is 210 Å². The monoisotopic (exact) mass is 505 g/mol.